The Morgan fingerprint density at radius 2 is 1.54 bits per heavy atom. The van der Waals surface area contributed by atoms with Crippen LogP contribution in [0.25, 0.3) is 0 Å². The van der Waals surface area contributed by atoms with E-state index in [4.69, 9.17) is 23.2 Å². The summed E-state index contributed by atoms with van der Waals surface area (Å²) in [5.41, 5.74) is 3.14. The molecule has 0 fully saturated rings. The van der Waals surface area contributed by atoms with Gasteiger partial charge in [0.15, 0.2) is 0 Å². The molecule has 0 radical (unpaired) electrons. The van der Waals surface area contributed by atoms with E-state index < -0.39 is 34.1 Å². The molecule has 0 saturated heterocycles. The Bertz CT molecular complexity index is 1530. The van der Waals surface area contributed by atoms with Crippen LogP contribution in [0.4, 0.5) is 5.69 Å². The quantitative estimate of drug-likeness (QED) is 0.299. The lowest BCUT2D eigenvalue weighted by Crippen LogP contribution is -2.54. The van der Waals surface area contributed by atoms with Crippen LogP contribution < -0.4 is 9.62 Å². The van der Waals surface area contributed by atoms with Crippen LogP contribution in [-0.2, 0) is 26.2 Å². The smallest absolute Gasteiger partial charge is 0.264 e. The van der Waals surface area contributed by atoms with Crippen molar-refractivity contribution >= 4 is 50.7 Å². The average Bonchev–Trinajstić information content (AvgIpc) is 2.87. The number of hydrogen-bond acceptors (Lipinski definition) is 4. The Kier molecular flexibility index (Phi) is 10.2. The molecule has 0 spiro atoms. The molecule has 0 unspecified atom stereocenters. The summed E-state index contributed by atoms with van der Waals surface area (Å²) in [4.78, 5) is 28.7. The number of hydrogen-bond donors (Lipinski definition) is 1. The van der Waals surface area contributed by atoms with Crippen molar-refractivity contribution in [1.29, 1.82) is 0 Å². The zero-order valence-electron chi connectivity index (χ0n) is 24.5. The summed E-state index contributed by atoms with van der Waals surface area (Å²) in [6, 6.07) is 15.7. The third-order valence-corrected chi connectivity index (χ3v) is 9.06. The van der Waals surface area contributed by atoms with Crippen LogP contribution >= 0.6 is 23.2 Å². The highest BCUT2D eigenvalue weighted by atomic mass is 35.5. The van der Waals surface area contributed by atoms with Gasteiger partial charge in [-0.15, -0.1) is 0 Å². The summed E-state index contributed by atoms with van der Waals surface area (Å²) >= 11 is 12.5. The highest BCUT2D eigenvalue weighted by Crippen LogP contribution is 2.28. The Labute approximate surface area is 253 Å². The van der Waals surface area contributed by atoms with Gasteiger partial charge in [-0.2, -0.15) is 0 Å². The fraction of sp³-hybridized carbons (Fsp3) is 0.355. The second kappa shape index (κ2) is 12.8. The largest absolute Gasteiger partial charge is 0.350 e. The lowest BCUT2D eigenvalue weighted by Gasteiger charge is -2.33. The maximum absolute atomic E-state index is 14.1. The van der Waals surface area contributed by atoms with Crippen molar-refractivity contribution in [1.82, 2.24) is 10.2 Å². The van der Waals surface area contributed by atoms with Crippen molar-refractivity contribution in [3.63, 3.8) is 0 Å². The number of nitrogens with zero attached hydrogens (tertiary/aromatic N) is 2. The normalized spacial score (nSPS) is 12.5. The number of benzene rings is 3. The number of sulfonamides is 1. The fourth-order valence-corrected chi connectivity index (χ4v) is 6.01. The van der Waals surface area contributed by atoms with Gasteiger partial charge in [0.2, 0.25) is 11.8 Å². The summed E-state index contributed by atoms with van der Waals surface area (Å²) < 4.78 is 29.1. The van der Waals surface area contributed by atoms with E-state index in [1.807, 2.05) is 47.6 Å². The third kappa shape index (κ3) is 8.24. The number of halogens is 2. The predicted molar refractivity (Wildman–Crippen MR) is 166 cm³/mol. The standard InChI is InChI=1S/C31H37Cl2N3O4S/c1-20-8-14-27(15-9-20)41(39,40)36(26-13-10-21(2)22(3)16-26)19-29(37)35(23(4)30(38)34-31(5,6)7)18-24-11-12-25(32)17-28(24)33/h8-17,23H,18-19H2,1-7H3,(H,34,38)/t23-/m0/s1. The second-order valence-corrected chi connectivity index (χ2v) is 14.0. The van der Waals surface area contributed by atoms with Gasteiger partial charge >= 0.3 is 0 Å². The zero-order valence-corrected chi connectivity index (χ0v) is 26.8. The molecule has 0 aliphatic rings. The van der Waals surface area contributed by atoms with E-state index in [-0.39, 0.29) is 17.3 Å². The van der Waals surface area contributed by atoms with Gasteiger partial charge in [-0.05, 0) is 102 Å². The first-order chi connectivity index (χ1) is 19.0. The van der Waals surface area contributed by atoms with Crippen LogP contribution in [0.5, 0.6) is 0 Å². The highest BCUT2D eigenvalue weighted by Gasteiger charge is 2.33. The number of carbonyl (C=O) groups is 2. The molecule has 3 aromatic rings. The molecule has 7 nitrogen and oxygen atoms in total. The lowest BCUT2D eigenvalue weighted by atomic mass is 10.1. The van der Waals surface area contributed by atoms with Gasteiger partial charge in [-0.3, -0.25) is 13.9 Å². The van der Waals surface area contributed by atoms with Crippen LogP contribution in [0.1, 0.15) is 49.9 Å². The minimum Gasteiger partial charge on any atom is -0.350 e. The van der Waals surface area contributed by atoms with Crippen molar-refractivity contribution in [2.75, 3.05) is 10.8 Å². The van der Waals surface area contributed by atoms with Crippen molar-refractivity contribution in [3.05, 3.63) is 93.0 Å². The van der Waals surface area contributed by atoms with E-state index in [2.05, 4.69) is 5.32 Å². The number of carbonyl (C=O) groups excluding carboxylic acids is 2. The van der Waals surface area contributed by atoms with Gasteiger partial charge < -0.3 is 10.2 Å². The van der Waals surface area contributed by atoms with Crippen LogP contribution in [0.3, 0.4) is 0 Å². The molecule has 1 atom stereocenters. The molecule has 1 N–H and O–H groups in total. The number of rotatable bonds is 9. The van der Waals surface area contributed by atoms with Crippen molar-refractivity contribution in [2.24, 2.45) is 0 Å². The highest BCUT2D eigenvalue weighted by molar-refractivity contribution is 7.92. The molecule has 2 amide bonds. The molecule has 3 aromatic carbocycles. The SMILES string of the molecule is Cc1ccc(S(=O)(=O)N(CC(=O)N(Cc2ccc(Cl)cc2Cl)[C@@H](C)C(=O)NC(C)(C)C)c2ccc(C)c(C)c2)cc1. The van der Waals surface area contributed by atoms with Gasteiger partial charge in [0.05, 0.1) is 10.6 Å². The molecule has 10 heteroatoms. The fourth-order valence-electron chi connectivity index (χ4n) is 4.14. The van der Waals surface area contributed by atoms with E-state index in [1.165, 1.54) is 17.0 Å². The first kappa shape index (κ1) is 32.4. The van der Waals surface area contributed by atoms with Crippen molar-refractivity contribution in [3.8, 4) is 0 Å². The minimum absolute atomic E-state index is 0.0289. The number of nitrogens with one attached hydrogen (secondary N) is 1. The summed E-state index contributed by atoms with van der Waals surface area (Å²) in [5.74, 6) is -0.948. The van der Waals surface area contributed by atoms with Gasteiger partial charge in [0.25, 0.3) is 10.0 Å². The second-order valence-electron chi connectivity index (χ2n) is 11.3. The summed E-state index contributed by atoms with van der Waals surface area (Å²) in [6.07, 6.45) is 0. The zero-order chi connectivity index (χ0) is 30.7. The van der Waals surface area contributed by atoms with E-state index in [0.29, 0.717) is 21.3 Å². The summed E-state index contributed by atoms with van der Waals surface area (Å²) in [7, 11) is -4.15. The molecule has 3 rings (SSSR count). The molecular formula is C31H37Cl2N3O4S. The van der Waals surface area contributed by atoms with Gasteiger partial charge in [0, 0.05) is 22.1 Å². The van der Waals surface area contributed by atoms with Gasteiger partial charge in [0.1, 0.15) is 12.6 Å². The molecule has 0 aliphatic carbocycles. The van der Waals surface area contributed by atoms with Crippen LogP contribution in [0.15, 0.2) is 65.6 Å². The third-order valence-electron chi connectivity index (χ3n) is 6.69. The Balaban J connectivity index is 2.09. The monoisotopic (exact) mass is 617 g/mol. The maximum atomic E-state index is 14.1. The number of amides is 2. The van der Waals surface area contributed by atoms with Crippen LogP contribution in [-0.4, -0.2) is 43.3 Å². The van der Waals surface area contributed by atoms with Crippen molar-refractivity contribution in [2.45, 2.75) is 71.5 Å². The lowest BCUT2D eigenvalue weighted by molar-refractivity contribution is -0.140. The van der Waals surface area contributed by atoms with Crippen LogP contribution in [0.2, 0.25) is 10.0 Å². The van der Waals surface area contributed by atoms with E-state index in [9.17, 15) is 18.0 Å². The molecule has 0 aromatic heterocycles. The topological polar surface area (TPSA) is 86.8 Å². The average molecular weight is 619 g/mol. The number of aryl methyl sites for hydroxylation is 3. The molecule has 220 valence electrons. The molecule has 0 aliphatic heterocycles. The van der Waals surface area contributed by atoms with E-state index >= 15 is 0 Å². The Hall–Kier alpha value is -3.07. The van der Waals surface area contributed by atoms with E-state index in [1.54, 1.807) is 49.4 Å². The molecular weight excluding hydrogens is 581 g/mol. The molecule has 41 heavy (non-hydrogen) atoms. The maximum Gasteiger partial charge on any atom is 0.264 e. The van der Waals surface area contributed by atoms with Gasteiger partial charge in [-0.1, -0.05) is 53.0 Å². The summed E-state index contributed by atoms with van der Waals surface area (Å²) in [5, 5.41) is 3.67. The first-order valence-corrected chi connectivity index (χ1v) is 15.4. The summed E-state index contributed by atoms with van der Waals surface area (Å²) in [6.45, 7) is 12.3. The first-order valence-electron chi connectivity index (χ1n) is 13.2. The molecule has 0 heterocycles. The Morgan fingerprint density at radius 3 is 2.10 bits per heavy atom. The van der Waals surface area contributed by atoms with Crippen LogP contribution in [0, 0.1) is 20.8 Å². The minimum atomic E-state index is -4.15. The molecule has 0 saturated carbocycles. The number of anilines is 1. The Morgan fingerprint density at radius 1 is 0.902 bits per heavy atom. The van der Waals surface area contributed by atoms with E-state index in [0.717, 1.165) is 21.0 Å². The van der Waals surface area contributed by atoms with Crippen molar-refractivity contribution < 1.29 is 18.0 Å². The predicted octanol–water partition coefficient (Wildman–Crippen LogP) is 6.45. The molecule has 0 bridgehead atoms. The van der Waals surface area contributed by atoms with Gasteiger partial charge in [-0.25, -0.2) is 8.42 Å².